The summed E-state index contributed by atoms with van der Waals surface area (Å²) in [5.74, 6) is 1.34. The Morgan fingerprint density at radius 1 is 1.33 bits per heavy atom. The number of hydrogen-bond donors (Lipinski definition) is 3. The number of urea groups is 1. The Morgan fingerprint density at radius 2 is 2.06 bits per heavy atom. The molecule has 0 atom stereocenters. The van der Waals surface area contributed by atoms with Gasteiger partial charge in [-0.05, 0) is 31.0 Å². The van der Waals surface area contributed by atoms with Crippen LogP contribution < -0.4 is 16.4 Å². The summed E-state index contributed by atoms with van der Waals surface area (Å²) in [6, 6.07) is 6.91. The van der Waals surface area contributed by atoms with Crippen molar-refractivity contribution in [2.24, 2.45) is 0 Å². The quantitative estimate of drug-likeness (QED) is 0.706. The molecule has 1 aromatic rings. The third-order valence-corrected chi connectivity index (χ3v) is 4.25. The number of rotatable bonds is 2. The van der Waals surface area contributed by atoms with Crippen molar-refractivity contribution in [1.29, 1.82) is 0 Å². The molecule has 0 saturated carbocycles. The largest absolute Gasteiger partial charge is 0.399 e. The van der Waals surface area contributed by atoms with E-state index in [1.807, 2.05) is 0 Å². The number of nitrogens with one attached hydrogen (secondary N) is 2. The first-order chi connectivity index (χ1) is 8.63. The van der Waals surface area contributed by atoms with E-state index < -0.39 is 10.8 Å². The minimum absolute atomic E-state index is 0.115. The number of amides is 2. The van der Waals surface area contributed by atoms with Crippen LogP contribution in [0.5, 0.6) is 0 Å². The molecular weight excluding hydrogens is 250 g/mol. The standard InChI is InChI=1S/C12H17N3O2S/c13-9-2-1-3-11(8-9)15-12(16)14-10-4-6-18(17)7-5-10/h1-3,8,10H,4-7,13H2,(H2,14,15,16). The van der Waals surface area contributed by atoms with Gasteiger partial charge >= 0.3 is 6.03 Å². The molecule has 5 nitrogen and oxygen atoms in total. The number of benzene rings is 1. The lowest BCUT2D eigenvalue weighted by Crippen LogP contribution is -2.41. The fraction of sp³-hybridized carbons (Fsp3) is 0.417. The average molecular weight is 267 g/mol. The van der Waals surface area contributed by atoms with E-state index in [-0.39, 0.29) is 12.1 Å². The van der Waals surface area contributed by atoms with Crippen LogP contribution in [0.25, 0.3) is 0 Å². The zero-order valence-electron chi connectivity index (χ0n) is 10.0. The molecule has 0 radical (unpaired) electrons. The van der Waals surface area contributed by atoms with Crippen LogP contribution >= 0.6 is 0 Å². The first kappa shape index (κ1) is 12.9. The molecular formula is C12H17N3O2S. The van der Waals surface area contributed by atoms with Gasteiger partial charge in [0.1, 0.15) is 0 Å². The molecule has 0 aromatic heterocycles. The van der Waals surface area contributed by atoms with Crippen molar-refractivity contribution in [3.05, 3.63) is 24.3 Å². The third kappa shape index (κ3) is 3.73. The summed E-state index contributed by atoms with van der Waals surface area (Å²) in [6.07, 6.45) is 1.55. The smallest absolute Gasteiger partial charge is 0.319 e. The van der Waals surface area contributed by atoms with E-state index in [0.29, 0.717) is 22.9 Å². The van der Waals surface area contributed by atoms with E-state index in [4.69, 9.17) is 5.73 Å². The Balaban J connectivity index is 1.83. The van der Waals surface area contributed by atoms with Crippen molar-refractivity contribution in [2.75, 3.05) is 22.6 Å². The maximum absolute atomic E-state index is 11.7. The van der Waals surface area contributed by atoms with Crippen molar-refractivity contribution < 1.29 is 9.00 Å². The fourth-order valence-corrected chi connectivity index (χ4v) is 3.21. The third-order valence-electron chi connectivity index (χ3n) is 2.87. The van der Waals surface area contributed by atoms with Gasteiger partial charge in [-0.15, -0.1) is 0 Å². The highest BCUT2D eigenvalue weighted by Crippen LogP contribution is 2.12. The van der Waals surface area contributed by atoms with Crippen molar-refractivity contribution in [1.82, 2.24) is 5.32 Å². The van der Waals surface area contributed by atoms with Gasteiger partial charge in [-0.25, -0.2) is 4.79 Å². The monoisotopic (exact) mass is 267 g/mol. The molecule has 0 bridgehead atoms. The summed E-state index contributed by atoms with van der Waals surface area (Å²) >= 11 is 0. The van der Waals surface area contributed by atoms with Crippen molar-refractivity contribution >= 4 is 28.2 Å². The Labute approximate surface area is 109 Å². The van der Waals surface area contributed by atoms with Gasteiger partial charge in [0.2, 0.25) is 0 Å². The van der Waals surface area contributed by atoms with Crippen LogP contribution in [0.4, 0.5) is 16.2 Å². The molecule has 1 aliphatic heterocycles. The highest BCUT2D eigenvalue weighted by atomic mass is 32.2. The number of carbonyl (C=O) groups excluding carboxylic acids is 1. The number of nitrogen functional groups attached to an aromatic ring is 1. The van der Waals surface area contributed by atoms with Crippen molar-refractivity contribution in [3.8, 4) is 0 Å². The lowest BCUT2D eigenvalue weighted by molar-refractivity contribution is 0.247. The van der Waals surface area contributed by atoms with Crippen molar-refractivity contribution in [3.63, 3.8) is 0 Å². The normalized spacial score (nSPS) is 23.3. The second kappa shape index (κ2) is 5.86. The Bertz CT molecular complexity index is 454. The lowest BCUT2D eigenvalue weighted by Gasteiger charge is -2.22. The second-order valence-electron chi connectivity index (χ2n) is 4.35. The number of anilines is 2. The number of carbonyl (C=O) groups is 1. The minimum Gasteiger partial charge on any atom is -0.399 e. The molecule has 98 valence electrons. The van der Waals surface area contributed by atoms with Crippen LogP contribution in [-0.4, -0.2) is 27.8 Å². The Hall–Kier alpha value is -1.56. The second-order valence-corrected chi connectivity index (χ2v) is 6.04. The summed E-state index contributed by atoms with van der Waals surface area (Å²) in [5.41, 5.74) is 6.91. The highest BCUT2D eigenvalue weighted by molar-refractivity contribution is 7.85. The zero-order chi connectivity index (χ0) is 13.0. The molecule has 4 N–H and O–H groups in total. The Kier molecular flexibility index (Phi) is 4.19. The molecule has 1 heterocycles. The van der Waals surface area contributed by atoms with Gasteiger partial charge in [-0.2, -0.15) is 0 Å². The SMILES string of the molecule is Nc1cccc(NC(=O)NC2CCS(=O)CC2)c1. The summed E-state index contributed by atoms with van der Waals surface area (Å²) in [6.45, 7) is 0. The van der Waals surface area contributed by atoms with Crippen LogP contribution in [0, 0.1) is 0 Å². The minimum atomic E-state index is -0.705. The first-order valence-corrected chi connectivity index (χ1v) is 7.40. The summed E-state index contributed by atoms with van der Waals surface area (Å²) < 4.78 is 11.2. The summed E-state index contributed by atoms with van der Waals surface area (Å²) in [5, 5.41) is 5.62. The molecule has 1 fully saturated rings. The predicted molar refractivity (Wildman–Crippen MR) is 73.9 cm³/mol. The topological polar surface area (TPSA) is 84.2 Å². The van der Waals surface area contributed by atoms with Crippen LogP contribution in [0.2, 0.25) is 0 Å². The number of hydrogen-bond acceptors (Lipinski definition) is 3. The van der Waals surface area contributed by atoms with E-state index in [9.17, 15) is 9.00 Å². The average Bonchev–Trinajstić information content (AvgIpc) is 2.32. The van der Waals surface area contributed by atoms with Gasteiger partial charge in [-0.1, -0.05) is 6.07 Å². The first-order valence-electron chi connectivity index (χ1n) is 5.91. The fourth-order valence-electron chi connectivity index (χ4n) is 1.91. The molecule has 2 amide bonds. The van der Waals surface area contributed by atoms with Gasteiger partial charge in [0.15, 0.2) is 0 Å². The maximum atomic E-state index is 11.7. The number of nitrogens with two attached hydrogens (primary N) is 1. The highest BCUT2D eigenvalue weighted by Gasteiger charge is 2.19. The van der Waals surface area contributed by atoms with Gasteiger partial charge < -0.3 is 16.4 Å². The molecule has 0 unspecified atom stereocenters. The Morgan fingerprint density at radius 3 is 2.72 bits per heavy atom. The predicted octanol–water partition coefficient (Wildman–Crippen LogP) is 1.30. The molecule has 1 saturated heterocycles. The van der Waals surface area contributed by atoms with E-state index in [2.05, 4.69) is 10.6 Å². The van der Waals surface area contributed by atoms with Crippen molar-refractivity contribution in [2.45, 2.75) is 18.9 Å². The molecule has 2 rings (SSSR count). The molecule has 6 heteroatoms. The molecule has 1 aliphatic rings. The maximum Gasteiger partial charge on any atom is 0.319 e. The molecule has 0 aliphatic carbocycles. The van der Waals surface area contributed by atoms with Gasteiger partial charge in [0, 0.05) is 39.7 Å². The summed E-state index contributed by atoms with van der Waals surface area (Å²) in [7, 11) is -0.705. The van der Waals surface area contributed by atoms with Gasteiger partial charge in [0.05, 0.1) is 0 Å². The van der Waals surface area contributed by atoms with E-state index in [0.717, 1.165) is 12.8 Å². The van der Waals surface area contributed by atoms with Crippen LogP contribution in [0.15, 0.2) is 24.3 Å². The van der Waals surface area contributed by atoms with Gasteiger partial charge in [0.25, 0.3) is 0 Å². The van der Waals surface area contributed by atoms with Crippen LogP contribution in [0.3, 0.4) is 0 Å². The lowest BCUT2D eigenvalue weighted by atomic mass is 10.2. The molecule has 18 heavy (non-hydrogen) atoms. The summed E-state index contributed by atoms with van der Waals surface area (Å²) in [4.78, 5) is 11.7. The van der Waals surface area contributed by atoms with E-state index in [1.165, 1.54) is 0 Å². The molecule has 1 aromatic carbocycles. The molecule has 0 spiro atoms. The van der Waals surface area contributed by atoms with Gasteiger partial charge in [-0.3, -0.25) is 4.21 Å². The zero-order valence-corrected chi connectivity index (χ0v) is 10.8. The van der Waals surface area contributed by atoms with E-state index >= 15 is 0 Å². The van der Waals surface area contributed by atoms with Crippen LogP contribution in [-0.2, 0) is 10.8 Å². The van der Waals surface area contributed by atoms with Crippen LogP contribution in [0.1, 0.15) is 12.8 Å². The van der Waals surface area contributed by atoms with E-state index in [1.54, 1.807) is 24.3 Å².